The van der Waals surface area contributed by atoms with Crippen molar-refractivity contribution in [3.8, 4) is 0 Å². The fourth-order valence-corrected chi connectivity index (χ4v) is 5.20. The van der Waals surface area contributed by atoms with Crippen molar-refractivity contribution in [2.24, 2.45) is 5.92 Å². The second-order valence-electron chi connectivity index (χ2n) is 7.45. The molecule has 0 aromatic heterocycles. The number of aryl methyl sites for hydroxylation is 1. The molecule has 1 atom stereocenters. The van der Waals surface area contributed by atoms with Gasteiger partial charge < -0.3 is 4.74 Å². The van der Waals surface area contributed by atoms with Gasteiger partial charge in [-0.3, -0.25) is 0 Å². The zero-order chi connectivity index (χ0) is 21.9. The maximum atomic E-state index is 13.1. The van der Waals surface area contributed by atoms with Crippen LogP contribution in [0.15, 0.2) is 58.9 Å². The van der Waals surface area contributed by atoms with Crippen molar-refractivity contribution < 1.29 is 17.9 Å². The van der Waals surface area contributed by atoms with E-state index in [4.69, 9.17) is 12.6 Å². The summed E-state index contributed by atoms with van der Waals surface area (Å²) in [6.07, 6.45) is 0.746. The zero-order valence-electron chi connectivity index (χ0n) is 17.6. The molecule has 2 aromatic carbocycles. The molecule has 0 N–H and O–H groups in total. The zero-order valence-corrected chi connectivity index (χ0v) is 18.4. The van der Waals surface area contributed by atoms with Crippen LogP contribution in [0.5, 0.6) is 0 Å². The van der Waals surface area contributed by atoms with Crippen LogP contribution in [0.2, 0.25) is 0 Å². The molecule has 1 aliphatic rings. The third kappa shape index (κ3) is 4.52. The molecule has 1 aliphatic heterocycles. The van der Waals surface area contributed by atoms with Crippen LogP contribution in [0, 0.1) is 12.8 Å². The molecule has 0 unspecified atom stereocenters. The molecule has 0 amide bonds. The topological polar surface area (TPSA) is 63.7 Å². The van der Waals surface area contributed by atoms with E-state index in [1.165, 1.54) is 4.31 Å². The van der Waals surface area contributed by atoms with Crippen molar-refractivity contribution in [2.75, 3.05) is 19.7 Å². The Labute approximate surface area is 180 Å². The number of carbonyl (C=O) groups is 1. The van der Waals surface area contributed by atoms with E-state index in [1.807, 2.05) is 26.0 Å². The van der Waals surface area contributed by atoms with E-state index in [0.29, 0.717) is 24.2 Å². The van der Waals surface area contributed by atoms with Crippen molar-refractivity contribution in [1.82, 2.24) is 4.31 Å². The monoisotopic (exact) mass is 423 g/mol. The standard InChI is InChI=1S/C23H26BNO4S/c1-4-17-14-25(30(27,28)20-12-6-16(3)7-13-20)15-21(24)22(17)18-8-10-19(11-9-18)23(26)29-5-2/h6-13,17H,4-5,14-15H2,1-3H3/t17-/m0/s1. The van der Waals surface area contributed by atoms with Crippen LogP contribution >= 0.6 is 0 Å². The Kier molecular flexibility index (Phi) is 6.83. The summed E-state index contributed by atoms with van der Waals surface area (Å²) in [5, 5.41) is 0. The van der Waals surface area contributed by atoms with Gasteiger partial charge in [-0.2, -0.15) is 4.31 Å². The van der Waals surface area contributed by atoms with E-state index in [2.05, 4.69) is 0 Å². The number of carbonyl (C=O) groups excluding carboxylic acids is 1. The molecular weight excluding hydrogens is 397 g/mol. The van der Waals surface area contributed by atoms with Crippen LogP contribution < -0.4 is 0 Å². The van der Waals surface area contributed by atoms with E-state index in [-0.39, 0.29) is 23.3 Å². The van der Waals surface area contributed by atoms with Gasteiger partial charge in [-0.05, 0) is 61.6 Å². The van der Waals surface area contributed by atoms with Crippen molar-refractivity contribution in [3.05, 3.63) is 70.7 Å². The largest absolute Gasteiger partial charge is 0.462 e. The van der Waals surface area contributed by atoms with E-state index < -0.39 is 10.0 Å². The summed E-state index contributed by atoms with van der Waals surface area (Å²) in [7, 11) is 2.77. The Morgan fingerprint density at radius 3 is 2.30 bits per heavy atom. The number of hydrogen-bond donors (Lipinski definition) is 0. The summed E-state index contributed by atoms with van der Waals surface area (Å²) in [5.74, 6) is -0.399. The number of nitrogens with zero attached hydrogens (tertiary/aromatic N) is 1. The molecular formula is C23H26BNO4S. The summed E-state index contributed by atoms with van der Waals surface area (Å²) in [6, 6.07) is 14.0. The normalized spacial score (nSPS) is 17.8. The first-order chi connectivity index (χ1) is 14.3. The summed E-state index contributed by atoms with van der Waals surface area (Å²) < 4.78 is 32.7. The van der Waals surface area contributed by atoms with Crippen LogP contribution in [0.1, 0.15) is 41.8 Å². The molecule has 0 saturated carbocycles. The molecule has 1 heterocycles. The maximum absolute atomic E-state index is 13.1. The van der Waals surface area contributed by atoms with Crippen LogP contribution in [-0.2, 0) is 14.8 Å². The van der Waals surface area contributed by atoms with Gasteiger partial charge in [0.15, 0.2) is 0 Å². The third-order valence-electron chi connectivity index (χ3n) is 5.38. The van der Waals surface area contributed by atoms with Gasteiger partial charge in [0, 0.05) is 13.1 Å². The smallest absolute Gasteiger partial charge is 0.338 e. The molecule has 0 spiro atoms. The van der Waals surface area contributed by atoms with Gasteiger partial charge in [-0.25, -0.2) is 13.2 Å². The van der Waals surface area contributed by atoms with Crippen molar-refractivity contribution >= 4 is 29.4 Å². The lowest BCUT2D eigenvalue weighted by Crippen LogP contribution is -2.41. The number of esters is 1. The van der Waals surface area contributed by atoms with Gasteiger partial charge in [-0.15, -0.1) is 0 Å². The van der Waals surface area contributed by atoms with E-state index in [0.717, 1.165) is 23.1 Å². The van der Waals surface area contributed by atoms with Gasteiger partial charge in [0.2, 0.25) is 10.0 Å². The average molecular weight is 423 g/mol. The van der Waals surface area contributed by atoms with E-state index in [1.54, 1.807) is 43.3 Å². The summed E-state index contributed by atoms with van der Waals surface area (Å²) in [5.41, 5.74) is 3.87. The number of benzene rings is 2. The van der Waals surface area contributed by atoms with Crippen molar-refractivity contribution in [2.45, 2.75) is 32.1 Å². The van der Waals surface area contributed by atoms with Gasteiger partial charge >= 0.3 is 5.97 Å². The minimum atomic E-state index is -3.63. The predicted octanol–water partition coefficient (Wildman–Crippen LogP) is 3.78. The minimum absolute atomic E-state index is 0.0348. The predicted molar refractivity (Wildman–Crippen MR) is 119 cm³/mol. The summed E-state index contributed by atoms with van der Waals surface area (Å²) >= 11 is 0. The van der Waals surface area contributed by atoms with Crippen LogP contribution in [0.3, 0.4) is 0 Å². The number of hydrogen-bond acceptors (Lipinski definition) is 4. The molecule has 156 valence electrons. The third-order valence-corrected chi connectivity index (χ3v) is 7.21. The number of sulfonamides is 1. The lowest BCUT2D eigenvalue weighted by atomic mass is 9.77. The van der Waals surface area contributed by atoms with Gasteiger partial charge in [0.05, 0.1) is 17.1 Å². The van der Waals surface area contributed by atoms with Gasteiger partial charge in [0.25, 0.3) is 0 Å². The van der Waals surface area contributed by atoms with E-state index in [9.17, 15) is 13.2 Å². The molecule has 5 nitrogen and oxygen atoms in total. The van der Waals surface area contributed by atoms with Crippen molar-refractivity contribution in [3.63, 3.8) is 0 Å². The number of ether oxygens (including phenoxy) is 1. The maximum Gasteiger partial charge on any atom is 0.338 e. The Hall–Kier alpha value is -2.38. The average Bonchev–Trinajstić information content (AvgIpc) is 2.73. The minimum Gasteiger partial charge on any atom is -0.462 e. The van der Waals surface area contributed by atoms with Gasteiger partial charge in [-0.1, -0.05) is 42.2 Å². The molecule has 0 bridgehead atoms. The Morgan fingerprint density at radius 1 is 1.10 bits per heavy atom. The van der Waals surface area contributed by atoms with Crippen LogP contribution in [0.25, 0.3) is 5.57 Å². The molecule has 0 saturated heterocycles. The molecule has 7 heteroatoms. The molecule has 2 radical (unpaired) electrons. The summed E-state index contributed by atoms with van der Waals surface area (Å²) in [6.45, 7) is 6.53. The molecule has 0 aliphatic carbocycles. The lowest BCUT2D eigenvalue weighted by molar-refractivity contribution is 0.0526. The molecule has 0 fully saturated rings. The Morgan fingerprint density at radius 2 is 1.73 bits per heavy atom. The highest BCUT2D eigenvalue weighted by atomic mass is 32.2. The SMILES string of the molecule is [B]C1=C(c2ccc(C(=O)OCC)cc2)[C@@H](CC)CN(S(=O)(=O)c2ccc(C)cc2)C1. The van der Waals surface area contributed by atoms with Crippen LogP contribution in [-0.4, -0.2) is 46.2 Å². The first-order valence-corrected chi connectivity index (χ1v) is 11.5. The first kappa shape index (κ1) is 22.3. The Bertz CT molecular complexity index is 1040. The Balaban J connectivity index is 1.90. The second kappa shape index (κ2) is 9.19. The molecule has 3 rings (SSSR count). The fraction of sp³-hybridized carbons (Fsp3) is 0.348. The van der Waals surface area contributed by atoms with Gasteiger partial charge in [0.1, 0.15) is 7.85 Å². The number of rotatable bonds is 6. The molecule has 2 aromatic rings. The highest BCUT2D eigenvalue weighted by Gasteiger charge is 2.33. The second-order valence-corrected chi connectivity index (χ2v) is 9.39. The molecule has 30 heavy (non-hydrogen) atoms. The highest BCUT2D eigenvalue weighted by molar-refractivity contribution is 7.89. The van der Waals surface area contributed by atoms with Crippen LogP contribution in [0.4, 0.5) is 0 Å². The lowest BCUT2D eigenvalue weighted by Gasteiger charge is -2.35. The quantitative estimate of drug-likeness (QED) is 0.524. The highest BCUT2D eigenvalue weighted by Crippen LogP contribution is 2.35. The first-order valence-electron chi connectivity index (χ1n) is 10.1. The summed E-state index contributed by atoms with van der Waals surface area (Å²) in [4.78, 5) is 12.2. The van der Waals surface area contributed by atoms with E-state index >= 15 is 0 Å². The fourth-order valence-electron chi connectivity index (χ4n) is 3.74. The van der Waals surface area contributed by atoms with Crippen molar-refractivity contribution in [1.29, 1.82) is 0 Å².